The van der Waals surface area contributed by atoms with E-state index in [0.29, 0.717) is 5.33 Å². The molecule has 0 radical (unpaired) electrons. The number of hydrogen-bond acceptors (Lipinski definition) is 2. The second-order valence-electron chi connectivity index (χ2n) is 3.08. The predicted molar refractivity (Wildman–Crippen MR) is 67.9 cm³/mol. The number of carbonyl (C=O) groups is 1. The molecule has 2 rings (SSSR count). The van der Waals surface area contributed by atoms with Crippen LogP contribution in [0.15, 0.2) is 41.8 Å². The van der Waals surface area contributed by atoms with E-state index in [2.05, 4.69) is 15.9 Å². The number of rotatable bonds is 3. The van der Waals surface area contributed by atoms with Crippen LogP contribution in [0.3, 0.4) is 0 Å². The molecule has 0 spiro atoms. The number of hydrogen-bond donors (Lipinski definition) is 0. The monoisotopic (exact) mass is 280 g/mol. The summed E-state index contributed by atoms with van der Waals surface area (Å²) < 4.78 is 0. The van der Waals surface area contributed by atoms with Crippen LogP contribution >= 0.6 is 27.3 Å². The second-order valence-corrected chi connectivity index (χ2v) is 4.59. The first kappa shape index (κ1) is 10.6. The Hall–Kier alpha value is -0.930. The SMILES string of the molecule is O=C(CBr)c1ccccc1-c1cccs1. The lowest BCUT2D eigenvalue weighted by atomic mass is 10.0. The third kappa shape index (κ3) is 2.19. The van der Waals surface area contributed by atoms with E-state index >= 15 is 0 Å². The summed E-state index contributed by atoms with van der Waals surface area (Å²) in [6.45, 7) is 0. The molecule has 2 aromatic rings. The van der Waals surface area contributed by atoms with Crippen LogP contribution in [-0.4, -0.2) is 11.1 Å². The van der Waals surface area contributed by atoms with Crippen molar-refractivity contribution in [1.29, 1.82) is 0 Å². The van der Waals surface area contributed by atoms with Gasteiger partial charge in [0.05, 0.1) is 5.33 Å². The topological polar surface area (TPSA) is 17.1 Å². The van der Waals surface area contributed by atoms with Gasteiger partial charge in [-0.2, -0.15) is 0 Å². The number of halogens is 1. The summed E-state index contributed by atoms with van der Waals surface area (Å²) in [5, 5.41) is 2.39. The molecular formula is C12H9BrOS. The molecule has 0 aliphatic heterocycles. The summed E-state index contributed by atoms with van der Waals surface area (Å²) in [6.07, 6.45) is 0. The van der Waals surface area contributed by atoms with E-state index in [9.17, 15) is 4.79 Å². The van der Waals surface area contributed by atoms with Crippen molar-refractivity contribution < 1.29 is 4.79 Å². The number of ketones is 1. The molecular weight excluding hydrogens is 272 g/mol. The molecule has 1 aromatic heterocycles. The standard InChI is InChI=1S/C12H9BrOS/c13-8-11(14)9-4-1-2-5-10(9)12-6-3-7-15-12/h1-7H,8H2. The average Bonchev–Trinajstić information content (AvgIpc) is 2.81. The van der Waals surface area contributed by atoms with E-state index < -0.39 is 0 Å². The van der Waals surface area contributed by atoms with Gasteiger partial charge < -0.3 is 0 Å². The summed E-state index contributed by atoms with van der Waals surface area (Å²) >= 11 is 4.85. The number of Topliss-reactive ketones (excluding diaryl/α,β-unsaturated/α-hetero) is 1. The van der Waals surface area contributed by atoms with Gasteiger partial charge >= 0.3 is 0 Å². The molecule has 1 aromatic carbocycles. The summed E-state index contributed by atoms with van der Waals surface area (Å²) in [4.78, 5) is 12.8. The minimum absolute atomic E-state index is 0.124. The van der Waals surface area contributed by atoms with Crippen molar-refractivity contribution in [3.8, 4) is 10.4 Å². The molecule has 0 bridgehead atoms. The molecule has 0 saturated carbocycles. The highest BCUT2D eigenvalue weighted by molar-refractivity contribution is 9.09. The van der Waals surface area contributed by atoms with Gasteiger partial charge in [0, 0.05) is 16.0 Å². The molecule has 0 aliphatic carbocycles. The molecule has 1 nitrogen and oxygen atoms in total. The van der Waals surface area contributed by atoms with Gasteiger partial charge in [-0.25, -0.2) is 0 Å². The summed E-state index contributed by atoms with van der Waals surface area (Å²) in [6, 6.07) is 11.7. The van der Waals surface area contributed by atoms with E-state index in [1.807, 2.05) is 41.8 Å². The fraction of sp³-hybridized carbons (Fsp3) is 0.0833. The molecule has 0 unspecified atom stereocenters. The lowest BCUT2D eigenvalue weighted by molar-refractivity contribution is 0.102. The number of thiophene rings is 1. The molecule has 0 aliphatic rings. The lowest BCUT2D eigenvalue weighted by Crippen LogP contribution is -2.01. The van der Waals surface area contributed by atoms with Crippen molar-refractivity contribution in [3.63, 3.8) is 0 Å². The third-order valence-electron chi connectivity index (χ3n) is 2.14. The van der Waals surface area contributed by atoms with E-state index in [1.165, 1.54) is 0 Å². The quantitative estimate of drug-likeness (QED) is 0.614. The summed E-state index contributed by atoms with van der Waals surface area (Å²) in [7, 11) is 0. The fourth-order valence-corrected chi connectivity index (χ4v) is 2.51. The minimum atomic E-state index is 0.124. The van der Waals surface area contributed by atoms with Gasteiger partial charge in [-0.3, -0.25) is 4.79 Å². The summed E-state index contributed by atoms with van der Waals surface area (Å²) in [5.74, 6) is 0.124. The molecule has 1 heterocycles. The second kappa shape index (κ2) is 4.73. The van der Waals surface area contributed by atoms with Crippen LogP contribution in [0.25, 0.3) is 10.4 Å². The first-order chi connectivity index (χ1) is 7.33. The Morgan fingerprint density at radius 3 is 2.67 bits per heavy atom. The smallest absolute Gasteiger partial charge is 0.174 e. The molecule has 0 N–H and O–H groups in total. The van der Waals surface area contributed by atoms with Gasteiger partial charge in [0.1, 0.15) is 0 Å². The van der Waals surface area contributed by atoms with Crippen LogP contribution in [0.2, 0.25) is 0 Å². The molecule has 76 valence electrons. The third-order valence-corrected chi connectivity index (χ3v) is 3.55. The Morgan fingerprint density at radius 1 is 1.20 bits per heavy atom. The highest BCUT2D eigenvalue weighted by atomic mass is 79.9. The summed E-state index contributed by atoms with van der Waals surface area (Å²) in [5.41, 5.74) is 1.81. The Balaban J connectivity index is 2.52. The van der Waals surface area contributed by atoms with E-state index in [0.717, 1.165) is 16.0 Å². The molecule has 0 atom stereocenters. The molecule has 0 amide bonds. The largest absolute Gasteiger partial charge is 0.293 e. The minimum Gasteiger partial charge on any atom is -0.293 e. The maximum Gasteiger partial charge on any atom is 0.174 e. The van der Waals surface area contributed by atoms with E-state index in [4.69, 9.17) is 0 Å². The molecule has 0 fully saturated rings. The van der Waals surface area contributed by atoms with Crippen LogP contribution in [0, 0.1) is 0 Å². The van der Waals surface area contributed by atoms with Crippen molar-refractivity contribution in [3.05, 3.63) is 47.3 Å². The van der Waals surface area contributed by atoms with Gasteiger partial charge in [-0.1, -0.05) is 46.3 Å². The molecule has 15 heavy (non-hydrogen) atoms. The lowest BCUT2D eigenvalue weighted by Gasteiger charge is -2.04. The molecule has 0 saturated heterocycles. The van der Waals surface area contributed by atoms with Gasteiger partial charge in [0.25, 0.3) is 0 Å². The highest BCUT2D eigenvalue weighted by Crippen LogP contribution is 2.28. The van der Waals surface area contributed by atoms with Gasteiger partial charge in [-0.15, -0.1) is 11.3 Å². The van der Waals surface area contributed by atoms with Crippen LogP contribution < -0.4 is 0 Å². The maximum absolute atomic E-state index is 11.7. The Morgan fingerprint density at radius 2 is 2.00 bits per heavy atom. The zero-order valence-corrected chi connectivity index (χ0v) is 10.3. The number of carbonyl (C=O) groups excluding carboxylic acids is 1. The van der Waals surface area contributed by atoms with Gasteiger partial charge in [-0.05, 0) is 11.4 Å². The van der Waals surface area contributed by atoms with Crippen molar-refractivity contribution in [2.45, 2.75) is 0 Å². The first-order valence-corrected chi connectivity index (χ1v) is 6.55. The van der Waals surface area contributed by atoms with Crippen LogP contribution in [0.1, 0.15) is 10.4 Å². The number of benzene rings is 1. The zero-order valence-electron chi connectivity index (χ0n) is 7.94. The first-order valence-electron chi connectivity index (χ1n) is 4.55. The van der Waals surface area contributed by atoms with E-state index in [-0.39, 0.29) is 5.78 Å². The van der Waals surface area contributed by atoms with Crippen molar-refractivity contribution in [1.82, 2.24) is 0 Å². The maximum atomic E-state index is 11.7. The Labute approximate surface area is 101 Å². The van der Waals surface area contributed by atoms with Crippen LogP contribution in [0.4, 0.5) is 0 Å². The van der Waals surface area contributed by atoms with Crippen molar-refractivity contribution in [2.24, 2.45) is 0 Å². The van der Waals surface area contributed by atoms with E-state index in [1.54, 1.807) is 11.3 Å². The Kier molecular flexibility index (Phi) is 3.34. The van der Waals surface area contributed by atoms with Gasteiger partial charge in [0.2, 0.25) is 0 Å². The van der Waals surface area contributed by atoms with Crippen LogP contribution in [0.5, 0.6) is 0 Å². The predicted octanol–water partition coefficient (Wildman–Crippen LogP) is 3.99. The van der Waals surface area contributed by atoms with Crippen LogP contribution in [-0.2, 0) is 0 Å². The Bertz CT molecular complexity index is 462. The average molecular weight is 281 g/mol. The van der Waals surface area contributed by atoms with Crippen molar-refractivity contribution >= 4 is 33.0 Å². The number of alkyl halides is 1. The fourth-order valence-electron chi connectivity index (χ4n) is 1.44. The van der Waals surface area contributed by atoms with Crippen molar-refractivity contribution in [2.75, 3.05) is 5.33 Å². The normalized spacial score (nSPS) is 10.2. The zero-order chi connectivity index (χ0) is 10.7. The van der Waals surface area contributed by atoms with Gasteiger partial charge in [0.15, 0.2) is 5.78 Å². The highest BCUT2D eigenvalue weighted by Gasteiger charge is 2.11. The molecule has 3 heteroatoms.